The Morgan fingerprint density at radius 3 is 2.86 bits per heavy atom. The summed E-state index contributed by atoms with van der Waals surface area (Å²) >= 11 is 0. The van der Waals surface area contributed by atoms with Crippen molar-refractivity contribution in [2.45, 2.75) is 6.42 Å². The van der Waals surface area contributed by atoms with E-state index in [0.29, 0.717) is 6.54 Å². The number of carbonyl (C=O) groups excluding carboxylic acids is 1. The molecule has 0 radical (unpaired) electrons. The number of fused-ring (bicyclic) bond motifs is 1. The highest BCUT2D eigenvalue weighted by molar-refractivity contribution is 5.95. The van der Waals surface area contributed by atoms with Gasteiger partial charge >= 0.3 is 0 Å². The molecule has 14 heavy (non-hydrogen) atoms. The van der Waals surface area contributed by atoms with E-state index < -0.39 is 11.6 Å². The second kappa shape index (κ2) is 3.25. The highest BCUT2D eigenvalue weighted by Gasteiger charge is 2.17. The number of carbonyl (C=O) groups is 1. The van der Waals surface area contributed by atoms with Crippen LogP contribution in [-0.2, 0) is 4.79 Å². The molecule has 0 fully saturated rings. The summed E-state index contributed by atoms with van der Waals surface area (Å²) in [5.74, 6) is -2.08. The topological polar surface area (TPSA) is 41.1 Å². The molecule has 5 heteroatoms. The Kier molecular flexibility index (Phi) is 2.07. The van der Waals surface area contributed by atoms with Gasteiger partial charge in [-0.05, 0) is 12.1 Å². The standard InChI is InChI=1S/C9H8F2N2O/c10-5-1-2-6-9(8(5)11)12-4-3-7(14)13-6/h1-2,12H,3-4H2,(H,13,14). The third-order valence-corrected chi connectivity index (χ3v) is 2.02. The highest BCUT2D eigenvalue weighted by Crippen LogP contribution is 2.28. The third kappa shape index (κ3) is 1.41. The van der Waals surface area contributed by atoms with Crippen LogP contribution in [0.1, 0.15) is 6.42 Å². The smallest absolute Gasteiger partial charge is 0.226 e. The number of amides is 1. The van der Waals surface area contributed by atoms with Crippen LogP contribution >= 0.6 is 0 Å². The van der Waals surface area contributed by atoms with Crippen LogP contribution < -0.4 is 10.6 Å². The fourth-order valence-electron chi connectivity index (χ4n) is 1.34. The van der Waals surface area contributed by atoms with Crippen molar-refractivity contribution in [3.05, 3.63) is 23.8 Å². The molecule has 0 saturated carbocycles. The summed E-state index contributed by atoms with van der Waals surface area (Å²) in [7, 11) is 0. The lowest BCUT2D eigenvalue weighted by Gasteiger charge is -2.08. The van der Waals surface area contributed by atoms with Crippen LogP contribution in [0.3, 0.4) is 0 Å². The second-order valence-electron chi connectivity index (χ2n) is 3.01. The monoisotopic (exact) mass is 198 g/mol. The molecule has 1 aliphatic rings. The van der Waals surface area contributed by atoms with Gasteiger partial charge in [-0.3, -0.25) is 4.79 Å². The first kappa shape index (κ1) is 8.93. The summed E-state index contributed by atoms with van der Waals surface area (Å²) in [6.07, 6.45) is 0.246. The van der Waals surface area contributed by atoms with Gasteiger partial charge in [0.15, 0.2) is 11.6 Å². The predicted octanol–water partition coefficient (Wildman–Crippen LogP) is 1.72. The zero-order chi connectivity index (χ0) is 10.1. The lowest BCUT2D eigenvalue weighted by atomic mass is 10.2. The largest absolute Gasteiger partial charge is 0.380 e. The molecule has 1 heterocycles. The van der Waals surface area contributed by atoms with Crippen LogP contribution in [0.5, 0.6) is 0 Å². The Morgan fingerprint density at radius 2 is 2.07 bits per heavy atom. The molecule has 0 saturated heterocycles. The third-order valence-electron chi connectivity index (χ3n) is 2.02. The van der Waals surface area contributed by atoms with E-state index in [1.165, 1.54) is 6.07 Å². The fourth-order valence-corrected chi connectivity index (χ4v) is 1.34. The molecule has 74 valence electrons. The number of halogens is 2. The van der Waals surface area contributed by atoms with Crippen molar-refractivity contribution in [1.29, 1.82) is 0 Å². The van der Waals surface area contributed by atoms with Crippen molar-refractivity contribution in [2.24, 2.45) is 0 Å². The van der Waals surface area contributed by atoms with Gasteiger partial charge in [-0.2, -0.15) is 0 Å². The number of benzene rings is 1. The summed E-state index contributed by atoms with van der Waals surface area (Å²) in [6.45, 7) is 0.305. The van der Waals surface area contributed by atoms with E-state index >= 15 is 0 Å². The summed E-state index contributed by atoms with van der Waals surface area (Å²) in [4.78, 5) is 11.1. The van der Waals surface area contributed by atoms with Crippen LogP contribution in [0.15, 0.2) is 12.1 Å². The fraction of sp³-hybridized carbons (Fsp3) is 0.222. The molecule has 0 aromatic heterocycles. The van der Waals surface area contributed by atoms with Gasteiger partial charge in [0.1, 0.15) is 0 Å². The first-order valence-electron chi connectivity index (χ1n) is 4.20. The van der Waals surface area contributed by atoms with E-state index in [2.05, 4.69) is 10.6 Å². The van der Waals surface area contributed by atoms with Crippen molar-refractivity contribution in [2.75, 3.05) is 17.2 Å². The predicted molar refractivity (Wildman–Crippen MR) is 48.1 cm³/mol. The Labute approximate surface area is 79.1 Å². The van der Waals surface area contributed by atoms with Crippen molar-refractivity contribution >= 4 is 17.3 Å². The first-order valence-corrected chi connectivity index (χ1v) is 4.20. The molecule has 2 rings (SSSR count). The average Bonchev–Trinajstić information content (AvgIpc) is 2.34. The van der Waals surface area contributed by atoms with E-state index in [1.54, 1.807) is 0 Å². The maximum absolute atomic E-state index is 13.2. The lowest BCUT2D eigenvalue weighted by molar-refractivity contribution is -0.115. The van der Waals surface area contributed by atoms with E-state index in [9.17, 15) is 13.6 Å². The van der Waals surface area contributed by atoms with E-state index in [-0.39, 0.29) is 23.7 Å². The summed E-state index contributed by atoms with van der Waals surface area (Å²) in [5, 5.41) is 5.15. The molecule has 1 aliphatic heterocycles. The molecule has 1 aromatic rings. The van der Waals surface area contributed by atoms with E-state index in [0.717, 1.165) is 6.07 Å². The van der Waals surface area contributed by atoms with Crippen LogP contribution in [0.2, 0.25) is 0 Å². The molecule has 1 amide bonds. The molecule has 0 bridgehead atoms. The van der Waals surface area contributed by atoms with Crippen molar-refractivity contribution < 1.29 is 13.6 Å². The Morgan fingerprint density at radius 1 is 1.29 bits per heavy atom. The quantitative estimate of drug-likeness (QED) is 0.666. The van der Waals surface area contributed by atoms with Crippen molar-refractivity contribution in [1.82, 2.24) is 0 Å². The van der Waals surface area contributed by atoms with Crippen LogP contribution in [0.4, 0.5) is 20.2 Å². The molecule has 2 N–H and O–H groups in total. The van der Waals surface area contributed by atoms with Gasteiger partial charge in [0.2, 0.25) is 5.91 Å². The van der Waals surface area contributed by atoms with Gasteiger partial charge in [-0.1, -0.05) is 0 Å². The SMILES string of the molecule is O=C1CCNc2c(ccc(F)c2F)N1. The molecular formula is C9H8F2N2O. The molecule has 3 nitrogen and oxygen atoms in total. The number of anilines is 2. The Balaban J connectivity index is 2.50. The van der Waals surface area contributed by atoms with Crippen LogP contribution in [-0.4, -0.2) is 12.5 Å². The van der Waals surface area contributed by atoms with Gasteiger partial charge in [0.05, 0.1) is 11.4 Å². The average molecular weight is 198 g/mol. The van der Waals surface area contributed by atoms with Gasteiger partial charge in [0.25, 0.3) is 0 Å². The lowest BCUT2D eigenvalue weighted by Crippen LogP contribution is -2.10. The van der Waals surface area contributed by atoms with Gasteiger partial charge < -0.3 is 10.6 Å². The zero-order valence-electron chi connectivity index (χ0n) is 7.23. The summed E-state index contributed by atoms with van der Waals surface area (Å²) in [5.41, 5.74) is 0.308. The van der Waals surface area contributed by atoms with Gasteiger partial charge in [0, 0.05) is 13.0 Å². The number of hydrogen-bond acceptors (Lipinski definition) is 2. The number of nitrogens with one attached hydrogen (secondary N) is 2. The molecule has 0 spiro atoms. The summed E-state index contributed by atoms with van der Waals surface area (Å²) in [6, 6.07) is 2.32. The number of rotatable bonds is 0. The Bertz CT molecular complexity index is 393. The number of hydrogen-bond donors (Lipinski definition) is 2. The van der Waals surface area contributed by atoms with Gasteiger partial charge in [-0.25, -0.2) is 8.78 Å². The van der Waals surface area contributed by atoms with Crippen molar-refractivity contribution in [3.8, 4) is 0 Å². The minimum absolute atomic E-state index is 0.0239. The maximum Gasteiger partial charge on any atom is 0.226 e. The summed E-state index contributed by atoms with van der Waals surface area (Å²) < 4.78 is 26.0. The first-order chi connectivity index (χ1) is 6.68. The van der Waals surface area contributed by atoms with Gasteiger partial charge in [-0.15, -0.1) is 0 Å². The van der Waals surface area contributed by atoms with Crippen molar-refractivity contribution in [3.63, 3.8) is 0 Å². The highest BCUT2D eigenvalue weighted by atomic mass is 19.2. The molecule has 0 aliphatic carbocycles. The minimum Gasteiger partial charge on any atom is -0.380 e. The van der Waals surface area contributed by atoms with Crippen LogP contribution in [0.25, 0.3) is 0 Å². The second-order valence-corrected chi connectivity index (χ2v) is 3.01. The molecular weight excluding hydrogens is 190 g/mol. The minimum atomic E-state index is -0.954. The Hall–Kier alpha value is -1.65. The van der Waals surface area contributed by atoms with Crippen LogP contribution in [0, 0.1) is 11.6 Å². The van der Waals surface area contributed by atoms with E-state index in [1.807, 2.05) is 0 Å². The zero-order valence-corrected chi connectivity index (χ0v) is 7.23. The molecule has 0 atom stereocenters. The normalized spacial score (nSPS) is 15.1. The maximum atomic E-state index is 13.2. The molecule has 1 aromatic carbocycles. The van der Waals surface area contributed by atoms with E-state index in [4.69, 9.17) is 0 Å². The molecule has 0 unspecified atom stereocenters.